The molecule has 4 aliphatic carbocycles. The summed E-state index contributed by atoms with van der Waals surface area (Å²) in [7, 11) is 1.81. The molecule has 2 saturated carbocycles. The first-order valence-corrected chi connectivity index (χ1v) is 9.07. The number of hydrogen-bond acceptors (Lipinski definition) is 1. The van der Waals surface area contributed by atoms with Crippen LogP contribution in [0.2, 0.25) is 0 Å². The van der Waals surface area contributed by atoms with Gasteiger partial charge < -0.3 is 4.74 Å². The number of rotatable bonds is 1. The maximum Gasteiger partial charge on any atom is 0.0959 e. The number of hydrogen-bond donors (Lipinski definition) is 0. The van der Waals surface area contributed by atoms with E-state index >= 15 is 0 Å². The number of fused-ring (bicyclic) bond motifs is 4. The van der Waals surface area contributed by atoms with E-state index in [0.29, 0.717) is 11.3 Å². The van der Waals surface area contributed by atoms with Crippen molar-refractivity contribution in [2.45, 2.75) is 58.3 Å². The van der Waals surface area contributed by atoms with Crippen molar-refractivity contribution in [2.24, 2.45) is 29.1 Å². The first-order chi connectivity index (χ1) is 10.7. The highest BCUT2D eigenvalue weighted by atomic mass is 16.5. The Labute approximate surface area is 135 Å². The van der Waals surface area contributed by atoms with Crippen molar-refractivity contribution < 1.29 is 4.74 Å². The Kier molecular flexibility index (Phi) is 3.40. The lowest BCUT2D eigenvalue weighted by molar-refractivity contribution is 0.0273. The zero-order valence-corrected chi connectivity index (χ0v) is 14.0. The number of allylic oxidation sites excluding steroid dienone is 3. The van der Waals surface area contributed by atoms with Gasteiger partial charge in [-0.25, -0.2) is 0 Å². The van der Waals surface area contributed by atoms with Crippen LogP contribution in [-0.2, 0) is 4.74 Å². The van der Waals surface area contributed by atoms with Gasteiger partial charge in [-0.15, -0.1) is 12.3 Å². The van der Waals surface area contributed by atoms with Crippen LogP contribution in [0.15, 0.2) is 23.0 Å². The fourth-order valence-corrected chi connectivity index (χ4v) is 6.32. The Bertz CT molecular complexity index is 575. The predicted octanol–water partition coefficient (Wildman–Crippen LogP) is 5.09. The van der Waals surface area contributed by atoms with Crippen LogP contribution in [0.25, 0.3) is 0 Å². The van der Waals surface area contributed by atoms with Crippen LogP contribution in [0, 0.1) is 41.4 Å². The molecule has 1 heteroatoms. The Hall–Kier alpha value is -1.16. The quantitative estimate of drug-likeness (QED) is 0.483. The van der Waals surface area contributed by atoms with Gasteiger partial charge in [0.15, 0.2) is 0 Å². The molecule has 0 saturated heterocycles. The first-order valence-electron chi connectivity index (χ1n) is 9.07. The third-order valence-corrected chi connectivity index (χ3v) is 7.52. The molecule has 1 nitrogen and oxygen atoms in total. The summed E-state index contributed by atoms with van der Waals surface area (Å²) in [5, 5.41) is 0. The summed E-state index contributed by atoms with van der Waals surface area (Å²) in [6, 6.07) is 0. The second kappa shape index (κ2) is 5.19. The van der Waals surface area contributed by atoms with Crippen molar-refractivity contribution in [3.8, 4) is 12.3 Å². The molecule has 5 unspecified atom stereocenters. The molecule has 0 bridgehead atoms. The summed E-state index contributed by atoms with van der Waals surface area (Å²) >= 11 is 0. The van der Waals surface area contributed by atoms with Crippen LogP contribution in [0.4, 0.5) is 0 Å². The van der Waals surface area contributed by atoms with E-state index < -0.39 is 0 Å². The zero-order chi connectivity index (χ0) is 15.3. The van der Waals surface area contributed by atoms with Gasteiger partial charge in [-0.05, 0) is 74.2 Å². The van der Waals surface area contributed by atoms with Gasteiger partial charge in [-0.2, -0.15) is 0 Å². The van der Waals surface area contributed by atoms with Gasteiger partial charge >= 0.3 is 0 Å². The van der Waals surface area contributed by atoms with Gasteiger partial charge in [0.1, 0.15) is 0 Å². The molecule has 0 amide bonds. The topological polar surface area (TPSA) is 9.23 Å². The van der Waals surface area contributed by atoms with Gasteiger partial charge in [0.05, 0.1) is 12.9 Å². The second-order valence-corrected chi connectivity index (χ2v) is 8.14. The Balaban J connectivity index is 1.61. The summed E-state index contributed by atoms with van der Waals surface area (Å²) in [6.07, 6.45) is 18.4. The standard InChI is InChI=1S/C21H28O/c1-4-15-6-10-20-19-8-5-14-13-16(22-3)7-9-17(14)18(19)11-12-21(15,20)2/h1,7,15,18-20H,5-6,8-13H2,2-3H3. The summed E-state index contributed by atoms with van der Waals surface area (Å²) < 4.78 is 5.49. The van der Waals surface area contributed by atoms with Crippen LogP contribution in [0.3, 0.4) is 0 Å². The maximum absolute atomic E-state index is 5.85. The molecule has 5 atom stereocenters. The molecule has 0 aromatic rings. The van der Waals surface area contributed by atoms with Crippen LogP contribution < -0.4 is 0 Å². The first kappa shape index (κ1) is 14.4. The molecule has 22 heavy (non-hydrogen) atoms. The normalized spacial score (nSPS) is 43.6. The molecule has 4 aliphatic rings. The van der Waals surface area contributed by atoms with Crippen molar-refractivity contribution in [1.82, 2.24) is 0 Å². The van der Waals surface area contributed by atoms with Crippen LogP contribution in [-0.4, -0.2) is 7.11 Å². The summed E-state index contributed by atoms with van der Waals surface area (Å²) in [4.78, 5) is 0. The molecule has 2 fully saturated rings. The Morgan fingerprint density at radius 3 is 2.91 bits per heavy atom. The average Bonchev–Trinajstić information content (AvgIpc) is 2.90. The zero-order valence-electron chi connectivity index (χ0n) is 14.0. The lowest BCUT2D eigenvalue weighted by Crippen LogP contribution is -2.43. The molecule has 0 N–H and O–H groups in total. The Morgan fingerprint density at radius 1 is 1.27 bits per heavy atom. The van der Waals surface area contributed by atoms with E-state index in [1.165, 1.54) is 44.3 Å². The monoisotopic (exact) mass is 296 g/mol. The molecule has 4 rings (SSSR count). The van der Waals surface area contributed by atoms with Gasteiger partial charge in [-0.1, -0.05) is 18.1 Å². The number of methoxy groups -OCH3 is 1. The van der Waals surface area contributed by atoms with Crippen molar-refractivity contribution in [3.63, 3.8) is 0 Å². The van der Waals surface area contributed by atoms with Crippen LogP contribution in [0.1, 0.15) is 58.3 Å². The molecule has 0 aromatic heterocycles. The van der Waals surface area contributed by atoms with Crippen LogP contribution in [0.5, 0.6) is 0 Å². The fourth-order valence-electron chi connectivity index (χ4n) is 6.32. The minimum Gasteiger partial charge on any atom is -0.501 e. The average molecular weight is 296 g/mol. The summed E-state index contributed by atoms with van der Waals surface area (Å²) in [5.41, 5.74) is 3.91. The molecule has 118 valence electrons. The third-order valence-electron chi connectivity index (χ3n) is 7.52. The van der Waals surface area contributed by atoms with E-state index in [0.717, 1.165) is 30.6 Å². The highest BCUT2D eigenvalue weighted by molar-refractivity contribution is 5.33. The maximum atomic E-state index is 5.85. The van der Waals surface area contributed by atoms with Gasteiger partial charge in [0, 0.05) is 12.3 Å². The molecule has 0 heterocycles. The molecule has 0 spiro atoms. The van der Waals surface area contributed by atoms with E-state index in [9.17, 15) is 0 Å². The predicted molar refractivity (Wildman–Crippen MR) is 90.0 cm³/mol. The lowest BCUT2D eigenvalue weighted by Gasteiger charge is -2.51. The van der Waals surface area contributed by atoms with E-state index in [1.54, 1.807) is 11.1 Å². The van der Waals surface area contributed by atoms with Gasteiger partial charge in [-0.3, -0.25) is 0 Å². The van der Waals surface area contributed by atoms with Gasteiger partial charge in [0.25, 0.3) is 0 Å². The minimum atomic E-state index is 0.427. The van der Waals surface area contributed by atoms with Gasteiger partial charge in [0.2, 0.25) is 0 Å². The molecular formula is C21H28O. The molecule has 0 radical (unpaired) electrons. The van der Waals surface area contributed by atoms with Crippen LogP contribution >= 0.6 is 0 Å². The second-order valence-electron chi connectivity index (χ2n) is 8.14. The van der Waals surface area contributed by atoms with Crippen molar-refractivity contribution in [2.75, 3.05) is 7.11 Å². The van der Waals surface area contributed by atoms with Crippen molar-refractivity contribution >= 4 is 0 Å². The Morgan fingerprint density at radius 2 is 2.14 bits per heavy atom. The van der Waals surface area contributed by atoms with Crippen molar-refractivity contribution in [1.29, 1.82) is 0 Å². The lowest BCUT2D eigenvalue weighted by atomic mass is 9.53. The smallest absolute Gasteiger partial charge is 0.0959 e. The van der Waals surface area contributed by atoms with Crippen molar-refractivity contribution in [3.05, 3.63) is 23.0 Å². The van der Waals surface area contributed by atoms with E-state index in [1.807, 2.05) is 7.11 Å². The van der Waals surface area contributed by atoms with E-state index in [4.69, 9.17) is 11.2 Å². The molecular weight excluding hydrogens is 268 g/mol. The molecule has 0 aliphatic heterocycles. The third kappa shape index (κ3) is 1.92. The fraction of sp³-hybridized carbons (Fsp3) is 0.714. The van der Waals surface area contributed by atoms with E-state index in [-0.39, 0.29) is 0 Å². The number of ether oxygens (including phenoxy) is 1. The SMILES string of the molecule is C#CC1CCC2C3CCC4=C(CC=C(OC)C4)C3CCC12C. The summed E-state index contributed by atoms with van der Waals surface area (Å²) in [5.74, 6) is 7.45. The minimum absolute atomic E-state index is 0.427. The van der Waals surface area contributed by atoms with E-state index in [2.05, 4.69) is 18.9 Å². The number of terminal acetylenes is 1. The molecule has 0 aromatic carbocycles. The highest BCUT2D eigenvalue weighted by Gasteiger charge is 2.54. The summed E-state index contributed by atoms with van der Waals surface area (Å²) in [6.45, 7) is 2.50. The highest BCUT2D eigenvalue weighted by Crippen LogP contribution is 2.62. The largest absolute Gasteiger partial charge is 0.501 e.